The topological polar surface area (TPSA) is 93.8 Å². The van der Waals surface area contributed by atoms with Crippen LogP contribution in [0.1, 0.15) is 24.3 Å². The Labute approximate surface area is 136 Å². The summed E-state index contributed by atoms with van der Waals surface area (Å²) >= 11 is 1.04. The fraction of sp³-hybridized carbons (Fsp3) is 0.467. The standard InChI is InChI=1S/C15H15FN2O4S/c16-13-5-10(18-8-11(7-17)22-14(18)19)1-2-12(13)9-3-4-23-15(20,21)6-9/h1-2,5,9,11,20-21H,3-4,6,8H2/t9?,11-/m0/s1. The van der Waals surface area contributed by atoms with E-state index in [1.165, 1.54) is 11.0 Å². The molecule has 0 radical (unpaired) electrons. The molecule has 2 saturated heterocycles. The van der Waals surface area contributed by atoms with Crippen LogP contribution < -0.4 is 4.90 Å². The summed E-state index contributed by atoms with van der Waals surface area (Å²) in [7, 11) is 0. The van der Waals surface area contributed by atoms with Crippen molar-refractivity contribution in [2.45, 2.75) is 30.0 Å². The molecule has 1 unspecified atom stereocenters. The van der Waals surface area contributed by atoms with E-state index < -0.39 is 23.1 Å². The van der Waals surface area contributed by atoms with Crippen LogP contribution in [0.5, 0.6) is 0 Å². The average Bonchev–Trinajstić information content (AvgIpc) is 2.87. The largest absolute Gasteiger partial charge is 0.428 e. The van der Waals surface area contributed by atoms with Crippen molar-refractivity contribution in [1.29, 1.82) is 5.26 Å². The molecule has 0 saturated carbocycles. The Morgan fingerprint density at radius 3 is 2.87 bits per heavy atom. The number of nitrogens with zero attached hydrogens (tertiary/aromatic N) is 2. The highest BCUT2D eigenvalue weighted by Crippen LogP contribution is 2.41. The van der Waals surface area contributed by atoms with Gasteiger partial charge in [-0.15, -0.1) is 0 Å². The maximum absolute atomic E-state index is 14.4. The van der Waals surface area contributed by atoms with E-state index in [1.807, 2.05) is 6.07 Å². The molecule has 6 nitrogen and oxygen atoms in total. The van der Waals surface area contributed by atoms with Crippen LogP contribution in [-0.4, -0.2) is 39.8 Å². The first-order valence-electron chi connectivity index (χ1n) is 7.15. The lowest BCUT2D eigenvalue weighted by atomic mass is 9.91. The van der Waals surface area contributed by atoms with E-state index in [-0.39, 0.29) is 18.9 Å². The van der Waals surface area contributed by atoms with Crippen molar-refractivity contribution in [3.8, 4) is 6.07 Å². The molecule has 2 heterocycles. The molecule has 2 aliphatic rings. The molecular formula is C15H15FN2O4S. The van der Waals surface area contributed by atoms with Gasteiger partial charge in [0.25, 0.3) is 0 Å². The number of benzene rings is 1. The van der Waals surface area contributed by atoms with E-state index >= 15 is 0 Å². The summed E-state index contributed by atoms with van der Waals surface area (Å²) in [6.07, 6.45) is -0.838. The van der Waals surface area contributed by atoms with Gasteiger partial charge in [0, 0.05) is 6.42 Å². The third-order valence-corrected chi connectivity index (χ3v) is 5.07. The Hall–Kier alpha value is -1.82. The fourth-order valence-corrected chi connectivity index (χ4v) is 3.92. The zero-order valence-electron chi connectivity index (χ0n) is 12.1. The van der Waals surface area contributed by atoms with Crippen molar-refractivity contribution in [1.82, 2.24) is 0 Å². The first-order chi connectivity index (χ1) is 10.9. The van der Waals surface area contributed by atoms with Gasteiger partial charge in [-0.2, -0.15) is 5.26 Å². The second kappa shape index (κ2) is 6.00. The second-order valence-electron chi connectivity index (χ2n) is 5.60. The molecule has 23 heavy (non-hydrogen) atoms. The maximum atomic E-state index is 14.4. The molecule has 2 fully saturated rings. The number of cyclic esters (lactones) is 1. The number of rotatable bonds is 2. The van der Waals surface area contributed by atoms with Crippen LogP contribution >= 0.6 is 11.8 Å². The first-order valence-corrected chi connectivity index (χ1v) is 8.14. The number of hydrogen-bond acceptors (Lipinski definition) is 6. The van der Waals surface area contributed by atoms with Gasteiger partial charge in [0.2, 0.25) is 11.2 Å². The van der Waals surface area contributed by atoms with E-state index in [0.717, 1.165) is 11.8 Å². The fourth-order valence-electron chi connectivity index (χ4n) is 2.87. The number of carbonyl (C=O) groups is 1. The Bertz CT molecular complexity index is 676. The highest BCUT2D eigenvalue weighted by atomic mass is 32.2. The number of ether oxygens (including phenoxy) is 1. The van der Waals surface area contributed by atoms with Gasteiger partial charge in [0.1, 0.15) is 11.9 Å². The number of nitriles is 1. The molecular weight excluding hydrogens is 323 g/mol. The maximum Gasteiger partial charge on any atom is 0.415 e. The van der Waals surface area contributed by atoms with E-state index in [0.29, 0.717) is 23.4 Å². The third kappa shape index (κ3) is 3.27. The van der Waals surface area contributed by atoms with Gasteiger partial charge in [-0.05, 0) is 35.8 Å². The highest BCUT2D eigenvalue weighted by Gasteiger charge is 2.36. The molecule has 0 aliphatic carbocycles. The second-order valence-corrected chi connectivity index (χ2v) is 6.95. The van der Waals surface area contributed by atoms with E-state index in [2.05, 4.69) is 0 Å². The molecule has 8 heteroatoms. The zero-order valence-corrected chi connectivity index (χ0v) is 12.9. The molecule has 0 spiro atoms. The highest BCUT2D eigenvalue weighted by molar-refractivity contribution is 8.00. The molecule has 2 N–H and O–H groups in total. The SMILES string of the molecule is N#C[C@H]1CN(c2ccc(C3CCSC(O)(O)C3)c(F)c2)C(=O)O1. The summed E-state index contributed by atoms with van der Waals surface area (Å²) in [6, 6.07) is 6.19. The number of thioether (sulfide) groups is 1. The quantitative estimate of drug-likeness (QED) is 0.800. The number of hydrogen-bond donors (Lipinski definition) is 2. The average molecular weight is 338 g/mol. The summed E-state index contributed by atoms with van der Waals surface area (Å²) in [4.78, 5) is 12.9. The van der Waals surface area contributed by atoms with Crippen molar-refractivity contribution in [2.75, 3.05) is 17.2 Å². The van der Waals surface area contributed by atoms with Gasteiger partial charge in [-0.25, -0.2) is 9.18 Å². The van der Waals surface area contributed by atoms with Crippen LogP contribution in [0.25, 0.3) is 0 Å². The number of amides is 1. The molecule has 0 bridgehead atoms. The lowest BCUT2D eigenvalue weighted by molar-refractivity contribution is -0.0887. The minimum absolute atomic E-state index is 0.0518. The van der Waals surface area contributed by atoms with Gasteiger partial charge >= 0.3 is 6.09 Å². The molecule has 2 atom stereocenters. The molecule has 1 aromatic carbocycles. The number of anilines is 1. The number of aliphatic hydroxyl groups is 2. The first kappa shape index (κ1) is 16.1. The van der Waals surface area contributed by atoms with Gasteiger partial charge in [0.05, 0.1) is 12.2 Å². The van der Waals surface area contributed by atoms with E-state index in [9.17, 15) is 19.4 Å². The molecule has 1 aromatic rings. The smallest absolute Gasteiger partial charge is 0.415 e. The van der Waals surface area contributed by atoms with Gasteiger partial charge in [-0.3, -0.25) is 4.90 Å². The summed E-state index contributed by atoms with van der Waals surface area (Å²) in [5, 5.41) is 26.4. The summed E-state index contributed by atoms with van der Waals surface area (Å²) in [6.45, 7) is 0.0601. The van der Waals surface area contributed by atoms with Crippen LogP contribution in [0.15, 0.2) is 18.2 Å². The van der Waals surface area contributed by atoms with Crippen LogP contribution in [0.2, 0.25) is 0 Å². The Morgan fingerprint density at radius 2 is 2.26 bits per heavy atom. The normalized spacial score (nSPS) is 26.7. The monoisotopic (exact) mass is 338 g/mol. The minimum atomic E-state index is -1.84. The minimum Gasteiger partial charge on any atom is -0.428 e. The summed E-state index contributed by atoms with van der Waals surface area (Å²) in [5.74, 6) is -0.276. The van der Waals surface area contributed by atoms with Crippen molar-refractivity contribution in [3.05, 3.63) is 29.6 Å². The molecule has 0 aromatic heterocycles. The molecule has 1 amide bonds. The van der Waals surface area contributed by atoms with Crippen molar-refractivity contribution >= 4 is 23.5 Å². The lowest BCUT2D eigenvalue weighted by Gasteiger charge is -2.32. The van der Waals surface area contributed by atoms with Gasteiger partial charge in [0.15, 0.2) is 0 Å². The molecule has 2 aliphatic heterocycles. The van der Waals surface area contributed by atoms with Crippen molar-refractivity contribution in [3.63, 3.8) is 0 Å². The predicted molar refractivity (Wildman–Crippen MR) is 81.2 cm³/mol. The summed E-state index contributed by atoms with van der Waals surface area (Å²) < 4.78 is 19.3. The van der Waals surface area contributed by atoms with Gasteiger partial charge < -0.3 is 14.9 Å². The van der Waals surface area contributed by atoms with E-state index in [4.69, 9.17) is 10.00 Å². The van der Waals surface area contributed by atoms with Crippen molar-refractivity contribution < 1.29 is 24.1 Å². The van der Waals surface area contributed by atoms with Crippen LogP contribution in [0, 0.1) is 17.1 Å². The van der Waals surface area contributed by atoms with Crippen LogP contribution in [0.3, 0.4) is 0 Å². The predicted octanol–water partition coefficient (Wildman–Crippen LogP) is 1.92. The Morgan fingerprint density at radius 1 is 1.48 bits per heavy atom. The Kier molecular flexibility index (Phi) is 4.19. The zero-order chi connectivity index (χ0) is 16.6. The third-order valence-electron chi connectivity index (χ3n) is 4.00. The number of carbonyl (C=O) groups excluding carboxylic acids is 1. The van der Waals surface area contributed by atoms with E-state index in [1.54, 1.807) is 12.1 Å². The molecule has 122 valence electrons. The Balaban J connectivity index is 1.82. The van der Waals surface area contributed by atoms with Crippen LogP contribution in [0.4, 0.5) is 14.9 Å². The lowest BCUT2D eigenvalue weighted by Crippen LogP contribution is -2.31. The van der Waals surface area contributed by atoms with Gasteiger partial charge in [-0.1, -0.05) is 17.8 Å². The molecule has 3 rings (SSSR count). The number of halogens is 1. The summed E-state index contributed by atoms with van der Waals surface area (Å²) in [5.41, 5.74) is 0.712. The van der Waals surface area contributed by atoms with Crippen LogP contribution in [-0.2, 0) is 4.74 Å². The van der Waals surface area contributed by atoms with Crippen molar-refractivity contribution in [2.24, 2.45) is 0 Å².